The molecule has 0 unspecified atom stereocenters. The summed E-state index contributed by atoms with van der Waals surface area (Å²) in [6, 6.07) is 5.16. The zero-order chi connectivity index (χ0) is 15.7. The lowest BCUT2D eigenvalue weighted by Crippen LogP contribution is -2.35. The van der Waals surface area contributed by atoms with Gasteiger partial charge >= 0.3 is 0 Å². The number of carbonyl (C=O) groups excluding carboxylic acids is 2. The SMILES string of the molecule is Cc1cnnn1CC(=O)Nc1ccc2c(c1)OCC(=O)N2C. The van der Waals surface area contributed by atoms with E-state index >= 15 is 0 Å². The van der Waals surface area contributed by atoms with E-state index in [9.17, 15) is 9.59 Å². The Kier molecular flexibility index (Phi) is 3.50. The third-order valence-electron chi connectivity index (χ3n) is 3.43. The first-order valence-electron chi connectivity index (χ1n) is 6.73. The molecule has 0 spiro atoms. The number of likely N-dealkylation sites (N-methyl/N-ethyl adjacent to an activating group) is 1. The van der Waals surface area contributed by atoms with Gasteiger partial charge < -0.3 is 15.0 Å². The number of fused-ring (bicyclic) bond motifs is 1. The Morgan fingerprint density at radius 1 is 1.45 bits per heavy atom. The van der Waals surface area contributed by atoms with Crippen molar-refractivity contribution in [3.05, 3.63) is 30.1 Å². The average molecular weight is 301 g/mol. The van der Waals surface area contributed by atoms with Gasteiger partial charge in [0.15, 0.2) is 6.61 Å². The summed E-state index contributed by atoms with van der Waals surface area (Å²) in [5.41, 5.74) is 2.09. The molecule has 114 valence electrons. The molecule has 2 amide bonds. The monoisotopic (exact) mass is 301 g/mol. The highest BCUT2D eigenvalue weighted by Crippen LogP contribution is 2.33. The summed E-state index contributed by atoms with van der Waals surface area (Å²) in [5, 5.41) is 10.3. The third kappa shape index (κ3) is 2.62. The Bertz CT molecular complexity index is 740. The maximum absolute atomic E-state index is 12.0. The lowest BCUT2D eigenvalue weighted by atomic mass is 10.2. The van der Waals surface area contributed by atoms with Gasteiger partial charge in [-0.1, -0.05) is 5.21 Å². The van der Waals surface area contributed by atoms with Gasteiger partial charge in [0.1, 0.15) is 12.3 Å². The van der Waals surface area contributed by atoms with Crippen LogP contribution in [-0.2, 0) is 16.1 Å². The van der Waals surface area contributed by atoms with Gasteiger partial charge in [-0.25, -0.2) is 4.68 Å². The molecule has 22 heavy (non-hydrogen) atoms. The first-order chi connectivity index (χ1) is 10.5. The molecule has 1 aromatic carbocycles. The first-order valence-corrected chi connectivity index (χ1v) is 6.73. The fourth-order valence-corrected chi connectivity index (χ4v) is 2.16. The number of nitrogens with one attached hydrogen (secondary N) is 1. The molecule has 2 heterocycles. The second kappa shape index (κ2) is 5.47. The fraction of sp³-hybridized carbons (Fsp3) is 0.286. The second-order valence-corrected chi connectivity index (χ2v) is 5.01. The molecule has 2 aromatic rings. The van der Waals surface area contributed by atoms with Crippen LogP contribution >= 0.6 is 0 Å². The second-order valence-electron chi connectivity index (χ2n) is 5.01. The van der Waals surface area contributed by atoms with Crippen molar-refractivity contribution in [2.24, 2.45) is 0 Å². The van der Waals surface area contributed by atoms with Crippen molar-refractivity contribution in [2.75, 3.05) is 23.9 Å². The summed E-state index contributed by atoms with van der Waals surface area (Å²) in [7, 11) is 1.69. The molecule has 1 aromatic heterocycles. The molecule has 1 aliphatic heterocycles. The van der Waals surface area contributed by atoms with E-state index in [-0.39, 0.29) is 25.0 Å². The summed E-state index contributed by atoms with van der Waals surface area (Å²) < 4.78 is 6.89. The zero-order valence-electron chi connectivity index (χ0n) is 12.2. The van der Waals surface area contributed by atoms with Gasteiger partial charge in [-0.2, -0.15) is 0 Å². The minimum absolute atomic E-state index is 0.000941. The summed E-state index contributed by atoms with van der Waals surface area (Å²) >= 11 is 0. The van der Waals surface area contributed by atoms with Crippen molar-refractivity contribution in [1.82, 2.24) is 15.0 Å². The highest BCUT2D eigenvalue weighted by Gasteiger charge is 2.22. The number of benzene rings is 1. The zero-order valence-corrected chi connectivity index (χ0v) is 12.2. The number of nitrogens with zero attached hydrogens (tertiary/aromatic N) is 4. The van der Waals surface area contributed by atoms with Crippen LogP contribution in [0.15, 0.2) is 24.4 Å². The number of anilines is 2. The molecular formula is C14H15N5O3. The Morgan fingerprint density at radius 3 is 3.00 bits per heavy atom. The van der Waals surface area contributed by atoms with Crippen molar-refractivity contribution >= 4 is 23.2 Å². The van der Waals surface area contributed by atoms with Crippen molar-refractivity contribution in [3.63, 3.8) is 0 Å². The van der Waals surface area contributed by atoms with Crippen LogP contribution in [-0.4, -0.2) is 40.5 Å². The normalized spacial score (nSPS) is 13.5. The number of hydrogen-bond acceptors (Lipinski definition) is 5. The van der Waals surface area contributed by atoms with E-state index in [1.54, 1.807) is 31.4 Å². The van der Waals surface area contributed by atoms with Crippen LogP contribution in [0.1, 0.15) is 5.69 Å². The van der Waals surface area contributed by atoms with E-state index in [0.29, 0.717) is 17.1 Å². The van der Waals surface area contributed by atoms with Crippen LogP contribution in [0.4, 0.5) is 11.4 Å². The number of amides is 2. The van der Waals surface area contributed by atoms with Gasteiger partial charge in [0, 0.05) is 18.8 Å². The van der Waals surface area contributed by atoms with Gasteiger partial charge in [0.25, 0.3) is 5.91 Å². The van der Waals surface area contributed by atoms with Crippen molar-refractivity contribution in [3.8, 4) is 5.75 Å². The van der Waals surface area contributed by atoms with E-state index in [0.717, 1.165) is 5.69 Å². The maximum Gasteiger partial charge on any atom is 0.264 e. The standard InChI is InChI=1S/C14H15N5O3/c1-9-6-15-17-19(9)7-13(20)16-10-3-4-11-12(5-10)22-8-14(21)18(11)2/h3-6H,7-8H2,1-2H3,(H,16,20). The number of ether oxygens (including phenoxy) is 1. The molecule has 8 nitrogen and oxygen atoms in total. The molecule has 0 saturated heterocycles. The van der Waals surface area contributed by atoms with Crippen molar-refractivity contribution < 1.29 is 14.3 Å². The van der Waals surface area contributed by atoms with Crippen molar-refractivity contribution in [1.29, 1.82) is 0 Å². The van der Waals surface area contributed by atoms with Crippen LogP contribution in [0.3, 0.4) is 0 Å². The quantitative estimate of drug-likeness (QED) is 0.895. The van der Waals surface area contributed by atoms with Gasteiger partial charge in [0.2, 0.25) is 5.91 Å². The molecule has 3 rings (SSSR count). The largest absolute Gasteiger partial charge is 0.481 e. The minimum Gasteiger partial charge on any atom is -0.481 e. The molecule has 0 saturated carbocycles. The minimum atomic E-state index is -0.214. The molecule has 0 bridgehead atoms. The van der Waals surface area contributed by atoms with Crippen LogP contribution in [0, 0.1) is 6.92 Å². The predicted octanol–water partition coefficient (Wildman–Crippen LogP) is 0.580. The maximum atomic E-state index is 12.0. The molecule has 8 heteroatoms. The van der Waals surface area contributed by atoms with Crippen molar-refractivity contribution in [2.45, 2.75) is 13.5 Å². The van der Waals surface area contributed by atoms with E-state index in [4.69, 9.17) is 4.74 Å². The van der Waals surface area contributed by atoms with Gasteiger partial charge in [-0.15, -0.1) is 5.10 Å². The van der Waals surface area contributed by atoms with Crippen LogP contribution in [0.2, 0.25) is 0 Å². The van der Waals surface area contributed by atoms with E-state index < -0.39 is 0 Å². The average Bonchev–Trinajstić information content (AvgIpc) is 2.88. The number of hydrogen-bond donors (Lipinski definition) is 1. The third-order valence-corrected chi connectivity index (χ3v) is 3.43. The molecular weight excluding hydrogens is 286 g/mol. The van der Waals surface area contributed by atoms with Crippen LogP contribution in [0.5, 0.6) is 5.75 Å². The van der Waals surface area contributed by atoms with Gasteiger partial charge in [-0.3, -0.25) is 9.59 Å². The predicted molar refractivity (Wildman–Crippen MR) is 78.7 cm³/mol. The summed E-state index contributed by atoms with van der Waals surface area (Å²) in [4.78, 5) is 25.1. The Labute approximate surface area is 126 Å². The molecule has 1 aliphatic rings. The first kappa shape index (κ1) is 14.1. The molecule has 0 radical (unpaired) electrons. The molecule has 0 aliphatic carbocycles. The summed E-state index contributed by atoms with van der Waals surface area (Å²) in [5.74, 6) is 0.247. The number of rotatable bonds is 3. The van der Waals surface area contributed by atoms with Crippen LogP contribution in [0.25, 0.3) is 0 Å². The van der Waals surface area contributed by atoms with E-state index in [1.165, 1.54) is 9.58 Å². The lowest BCUT2D eigenvalue weighted by molar-refractivity contribution is -0.121. The van der Waals surface area contributed by atoms with Gasteiger partial charge in [0.05, 0.1) is 17.6 Å². The molecule has 0 atom stereocenters. The lowest BCUT2D eigenvalue weighted by Gasteiger charge is -2.26. The Hall–Kier alpha value is -2.90. The topological polar surface area (TPSA) is 89.4 Å². The Balaban J connectivity index is 1.72. The fourth-order valence-electron chi connectivity index (χ4n) is 2.16. The van der Waals surface area contributed by atoms with Crippen LogP contribution < -0.4 is 15.0 Å². The van der Waals surface area contributed by atoms with E-state index in [2.05, 4.69) is 15.6 Å². The van der Waals surface area contributed by atoms with Gasteiger partial charge in [-0.05, 0) is 19.1 Å². The highest BCUT2D eigenvalue weighted by molar-refractivity contribution is 5.98. The molecule has 1 N–H and O–H groups in total. The number of carbonyl (C=O) groups is 2. The Morgan fingerprint density at radius 2 is 2.27 bits per heavy atom. The summed E-state index contributed by atoms with van der Waals surface area (Å²) in [6.45, 7) is 1.91. The summed E-state index contributed by atoms with van der Waals surface area (Å²) in [6.07, 6.45) is 1.59. The van der Waals surface area contributed by atoms with E-state index in [1.807, 2.05) is 6.92 Å². The molecule has 0 fully saturated rings. The smallest absolute Gasteiger partial charge is 0.264 e. The number of aryl methyl sites for hydroxylation is 1. The number of aromatic nitrogens is 3. The highest BCUT2D eigenvalue weighted by atomic mass is 16.5.